The van der Waals surface area contributed by atoms with Gasteiger partial charge in [-0.05, 0) is 61.4 Å². The van der Waals surface area contributed by atoms with Gasteiger partial charge in [0.25, 0.3) is 0 Å². The number of carbonyl (C=O) groups excluding carboxylic acids is 4. The van der Waals surface area contributed by atoms with Gasteiger partial charge in [0.05, 0.1) is 25.7 Å². The van der Waals surface area contributed by atoms with Crippen molar-refractivity contribution in [3.63, 3.8) is 0 Å². The van der Waals surface area contributed by atoms with E-state index in [-0.39, 0.29) is 38.5 Å². The molecule has 0 fully saturated rings. The molecule has 2 N–H and O–H groups in total. The van der Waals surface area contributed by atoms with Crippen LogP contribution in [0.5, 0.6) is 23.0 Å². The Kier molecular flexibility index (Phi) is 19.1. The molecule has 0 saturated carbocycles. The summed E-state index contributed by atoms with van der Waals surface area (Å²) in [6.45, 7) is 0. The Labute approximate surface area is 289 Å². The zero-order valence-corrected chi connectivity index (χ0v) is 27.2. The first kappa shape index (κ1) is 39.9. The zero-order chi connectivity index (χ0) is 36.4. The van der Waals surface area contributed by atoms with Gasteiger partial charge in [-0.1, -0.05) is 72.8 Å². The molecule has 4 rings (SSSR count). The highest BCUT2D eigenvalue weighted by atomic mass is 16.5. The topological polar surface area (TPSA) is 180 Å². The Morgan fingerprint density at radius 1 is 0.340 bits per heavy atom. The lowest BCUT2D eigenvalue weighted by Crippen LogP contribution is -2.14. The van der Waals surface area contributed by atoms with Gasteiger partial charge in [-0.2, -0.15) is 0 Å². The van der Waals surface area contributed by atoms with Gasteiger partial charge in [-0.15, -0.1) is 0 Å². The third kappa shape index (κ3) is 20.0. The Balaban J connectivity index is 0.000000276. The van der Waals surface area contributed by atoms with Gasteiger partial charge >= 0.3 is 35.8 Å². The molecule has 0 aliphatic rings. The van der Waals surface area contributed by atoms with Gasteiger partial charge in [0.2, 0.25) is 0 Å². The molecule has 4 aromatic carbocycles. The Bertz CT molecular complexity index is 1380. The normalized spacial score (nSPS) is 9.68. The van der Waals surface area contributed by atoms with Crippen molar-refractivity contribution < 1.29 is 57.9 Å². The van der Waals surface area contributed by atoms with Gasteiger partial charge in [0.15, 0.2) is 0 Å². The van der Waals surface area contributed by atoms with Crippen molar-refractivity contribution in [1.29, 1.82) is 0 Å². The summed E-state index contributed by atoms with van der Waals surface area (Å²) in [5.41, 5.74) is 0. The summed E-state index contributed by atoms with van der Waals surface area (Å²) in [5, 5.41) is 16.3. The monoisotopic (exact) mass is 686 g/mol. The molecule has 0 amide bonds. The van der Waals surface area contributed by atoms with Crippen LogP contribution in [0.15, 0.2) is 121 Å². The second kappa shape index (κ2) is 23.9. The summed E-state index contributed by atoms with van der Waals surface area (Å²) in [5.74, 6) is -1.70. The molecule has 12 nitrogen and oxygen atoms in total. The first-order valence-corrected chi connectivity index (χ1v) is 15.6. The average Bonchev–Trinajstić information content (AvgIpc) is 3.11. The first-order chi connectivity index (χ1) is 24.1. The van der Waals surface area contributed by atoms with E-state index in [1.165, 1.54) is 0 Å². The molecule has 0 unspecified atom stereocenters. The third-order valence-electron chi connectivity index (χ3n) is 6.00. The van der Waals surface area contributed by atoms with Gasteiger partial charge in [0, 0.05) is 12.8 Å². The second-order valence-electron chi connectivity index (χ2n) is 10.1. The minimum Gasteiger partial charge on any atom is -0.481 e. The summed E-state index contributed by atoms with van der Waals surface area (Å²) < 4.78 is 20.3. The molecule has 0 aliphatic carbocycles. The van der Waals surface area contributed by atoms with Crippen LogP contribution in [-0.4, -0.2) is 46.0 Å². The van der Waals surface area contributed by atoms with E-state index in [1.807, 2.05) is 24.3 Å². The Hall–Kier alpha value is -6.30. The lowest BCUT2D eigenvalue weighted by molar-refractivity contribution is -0.140. The van der Waals surface area contributed by atoms with Gasteiger partial charge < -0.3 is 29.2 Å². The molecule has 0 bridgehead atoms. The number of rotatable bonds is 15. The lowest BCUT2D eigenvalue weighted by Gasteiger charge is -2.05. The maximum atomic E-state index is 11.5. The number of carboxylic acid groups (broad SMARTS) is 2. The number of benzene rings is 4. The molecule has 0 heterocycles. The first-order valence-electron chi connectivity index (χ1n) is 15.6. The number of hydrogen-bond acceptors (Lipinski definition) is 10. The maximum Gasteiger partial charge on any atom is 0.311 e. The molecular formula is C38H38O12. The van der Waals surface area contributed by atoms with E-state index < -0.39 is 35.8 Å². The highest BCUT2D eigenvalue weighted by Gasteiger charge is 2.12. The lowest BCUT2D eigenvalue weighted by atomic mass is 10.2. The predicted octanol–water partition coefficient (Wildman–Crippen LogP) is 6.67. The van der Waals surface area contributed by atoms with Crippen LogP contribution in [0.2, 0.25) is 0 Å². The SMILES string of the molecule is O=C(CCC(=O)Oc1ccccc1)Oc1ccccc1.O=C(CCC(=O)Oc1ccccc1)Oc1ccccc1.O=C(O)CCCCC(=O)O. The maximum absolute atomic E-state index is 11.5. The van der Waals surface area contributed by atoms with Crippen LogP contribution in [0.25, 0.3) is 0 Å². The highest BCUT2D eigenvalue weighted by Crippen LogP contribution is 2.13. The van der Waals surface area contributed by atoms with Gasteiger partial charge in [-0.3, -0.25) is 28.8 Å². The molecular weight excluding hydrogens is 648 g/mol. The van der Waals surface area contributed by atoms with Gasteiger partial charge in [0.1, 0.15) is 23.0 Å². The predicted molar refractivity (Wildman–Crippen MR) is 181 cm³/mol. The molecule has 0 aromatic heterocycles. The molecule has 0 aliphatic heterocycles. The van der Waals surface area contributed by atoms with Crippen LogP contribution in [0, 0.1) is 0 Å². The van der Waals surface area contributed by atoms with E-state index in [4.69, 9.17) is 29.2 Å². The molecule has 0 radical (unpaired) electrons. The molecule has 4 aromatic rings. The van der Waals surface area contributed by atoms with E-state index in [9.17, 15) is 28.8 Å². The Morgan fingerprint density at radius 2 is 0.540 bits per heavy atom. The largest absolute Gasteiger partial charge is 0.481 e. The number of carboxylic acids is 2. The van der Waals surface area contributed by atoms with E-state index in [1.54, 1.807) is 97.1 Å². The van der Waals surface area contributed by atoms with E-state index in [0.29, 0.717) is 35.8 Å². The fraction of sp³-hybridized carbons (Fsp3) is 0.211. The van der Waals surface area contributed by atoms with Crippen LogP contribution in [0.4, 0.5) is 0 Å². The number of carbonyl (C=O) groups is 6. The second-order valence-corrected chi connectivity index (χ2v) is 10.1. The van der Waals surface area contributed by atoms with E-state index in [0.717, 1.165) is 0 Å². The van der Waals surface area contributed by atoms with Crippen molar-refractivity contribution >= 4 is 35.8 Å². The third-order valence-corrected chi connectivity index (χ3v) is 6.00. The van der Waals surface area contributed by atoms with Crippen LogP contribution < -0.4 is 18.9 Å². The molecule has 262 valence electrons. The van der Waals surface area contributed by atoms with Crippen molar-refractivity contribution in [3.05, 3.63) is 121 Å². The summed E-state index contributed by atoms with van der Waals surface area (Å²) in [6, 6.07) is 34.9. The smallest absolute Gasteiger partial charge is 0.311 e. The summed E-state index contributed by atoms with van der Waals surface area (Å²) in [4.78, 5) is 66.0. The zero-order valence-electron chi connectivity index (χ0n) is 27.2. The van der Waals surface area contributed by atoms with Crippen LogP contribution in [0.1, 0.15) is 51.4 Å². The fourth-order valence-corrected chi connectivity index (χ4v) is 3.64. The van der Waals surface area contributed by atoms with Crippen molar-refractivity contribution in [2.75, 3.05) is 0 Å². The van der Waals surface area contributed by atoms with Crippen LogP contribution in [0.3, 0.4) is 0 Å². The van der Waals surface area contributed by atoms with Crippen molar-refractivity contribution in [2.45, 2.75) is 51.4 Å². The summed E-state index contributed by atoms with van der Waals surface area (Å²) in [6.07, 6.45) is 0.964. The standard InChI is InChI=1S/2C16H14O4.C6H10O4/c2*17-15(19-13-7-3-1-4-8-13)11-12-16(18)20-14-9-5-2-6-10-14;7-5(8)3-1-2-4-6(9)10/h2*1-10H,11-12H2;1-4H2,(H,7,8)(H,9,10). The van der Waals surface area contributed by atoms with Gasteiger partial charge in [-0.25, -0.2) is 0 Å². The number of para-hydroxylation sites is 4. The number of aliphatic carboxylic acids is 2. The highest BCUT2D eigenvalue weighted by molar-refractivity contribution is 5.81. The molecule has 12 heteroatoms. The summed E-state index contributed by atoms with van der Waals surface area (Å²) in [7, 11) is 0. The van der Waals surface area contributed by atoms with Crippen LogP contribution in [-0.2, 0) is 28.8 Å². The van der Waals surface area contributed by atoms with Crippen molar-refractivity contribution in [2.24, 2.45) is 0 Å². The number of unbranched alkanes of at least 4 members (excludes halogenated alkanes) is 1. The average molecular weight is 687 g/mol. The van der Waals surface area contributed by atoms with E-state index in [2.05, 4.69) is 0 Å². The molecule has 0 saturated heterocycles. The molecule has 50 heavy (non-hydrogen) atoms. The number of hydrogen-bond donors (Lipinski definition) is 2. The van der Waals surface area contributed by atoms with Crippen molar-refractivity contribution in [1.82, 2.24) is 0 Å². The quantitative estimate of drug-likeness (QED) is 0.0771. The molecule has 0 spiro atoms. The fourth-order valence-electron chi connectivity index (χ4n) is 3.64. The minimum atomic E-state index is -0.870. The number of ether oxygens (including phenoxy) is 4. The minimum absolute atomic E-state index is 0.0133. The Morgan fingerprint density at radius 3 is 0.720 bits per heavy atom. The summed E-state index contributed by atoms with van der Waals surface area (Å²) >= 11 is 0. The van der Waals surface area contributed by atoms with E-state index >= 15 is 0 Å². The molecule has 0 atom stereocenters. The van der Waals surface area contributed by atoms with Crippen LogP contribution >= 0.6 is 0 Å². The van der Waals surface area contributed by atoms with Crippen molar-refractivity contribution in [3.8, 4) is 23.0 Å². The number of esters is 4.